The molecule has 0 bridgehead atoms. The van der Waals surface area contributed by atoms with Crippen molar-refractivity contribution in [2.45, 2.75) is 38.4 Å². The highest BCUT2D eigenvalue weighted by Gasteiger charge is 2.10. The normalized spacial score (nSPS) is 11.2. The maximum Gasteiger partial charge on any atom is 0.220 e. The zero-order chi connectivity index (χ0) is 15.0. The first kappa shape index (κ1) is 16.9. The number of rotatable bonds is 7. The van der Waals surface area contributed by atoms with Gasteiger partial charge in [0.2, 0.25) is 5.91 Å². The van der Waals surface area contributed by atoms with E-state index in [1.54, 1.807) is 7.11 Å². The minimum atomic E-state index is 0.121. The Hall–Kier alpha value is -1.16. The number of hydrogen-bond acceptors (Lipinski definition) is 3. The van der Waals surface area contributed by atoms with Crippen molar-refractivity contribution in [2.75, 3.05) is 19.4 Å². The van der Waals surface area contributed by atoms with Crippen LogP contribution in [-0.2, 0) is 11.2 Å². The smallest absolute Gasteiger partial charge is 0.220 e. The predicted molar refractivity (Wildman–Crippen MR) is 86.5 cm³/mol. The molecule has 0 aromatic heterocycles. The van der Waals surface area contributed by atoms with Gasteiger partial charge in [-0.15, -0.1) is 0 Å². The fourth-order valence-electron chi connectivity index (χ4n) is 1.69. The van der Waals surface area contributed by atoms with E-state index in [0.717, 1.165) is 30.0 Å². The van der Waals surface area contributed by atoms with Crippen LogP contribution in [0.15, 0.2) is 24.3 Å². The third-order valence-electron chi connectivity index (χ3n) is 2.76. The summed E-state index contributed by atoms with van der Waals surface area (Å²) in [5.41, 5.74) is 1.16. The van der Waals surface area contributed by atoms with E-state index in [-0.39, 0.29) is 10.7 Å². The van der Waals surface area contributed by atoms with E-state index in [2.05, 4.69) is 26.1 Å². The molecule has 0 saturated carbocycles. The Morgan fingerprint density at radius 2 is 1.90 bits per heavy atom. The number of thioether (sulfide) groups is 1. The molecule has 3 nitrogen and oxygen atoms in total. The van der Waals surface area contributed by atoms with Gasteiger partial charge in [0, 0.05) is 23.5 Å². The van der Waals surface area contributed by atoms with Crippen LogP contribution < -0.4 is 10.1 Å². The Bertz CT molecular complexity index is 409. The van der Waals surface area contributed by atoms with Crippen LogP contribution in [0.5, 0.6) is 5.75 Å². The predicted octanol–water partition coefficient (Wildman–Crippen LogP) is 3.28. The van der Waals surface area contributed by atoms with Gasteiger partial charge in [-0.3, -0.25) is 4.79 Å². The van der Waals surface area contributed by atoms with Crippen LogP contribution in [0.3, 0.4) is 0 Å². The van der Waals surface area contributed by atoms with E-state index < -0.39 is 0 Å². The average Bonchev–Trinajstić information content (AvgIpc) is 2.41. The molecule has 4 heteroatoms. The van der Waals surface area contributed by atoms with E-state index >= 15 is 0 Å². The highest BCUT2D eigenvalue weighted by atomic mass is 32.2. The second-order valence-corrected chi connectivity index (χ2v) is 7.58. The molecule has 0 aliphatic rings. The molecule has 0 saturated heterocycles. The summed E-state index contributed by atoms with van der Waals surface area (Å²) < 4.78 is 5.36. The number of benzene rings is 1. The Balaban J connectivity index is 2.19. The molecular formula is C16H25NO2S. The van der Waals surface area contributed by atoms with Gasteiger partial charge in [0.15, 0.2) is 0 Å². The molecule has 20 heavy (non-hydrogen) atoms. The number of amides is 1. The fraction of sp³-hybridized carbons (Fsp3) is 0.562. The molecule has 0 radical (unpaired) electrons. The zero-order valence-electron chi connectivity index (χ0n) is 12.9. The van der Waals surface area contributed by atoms with Crippen molar-refractivity contribution in [2.24, 2.45) is 0 Å². The molecule has 112 valence electrons. The highest BCUT2D eigenvalue weighted by Crippen LogP contribution is 2.22. The van der Waals surface area contributed by atoms with E-state index in [0.29, 0.717) is 6.42 Å². The second kappa shape index (κ2) is 8.20. The molecule has 0 unspecified atom stereocenters. The Morgan fingerprint density at radius 3 is 2.45 bits per heavy atom. The quantitative estimate of drug-likeness (QED) is 0.785. The van der Waals surface area contributed by atoms with Crippen molar-refractivity contribution in [3.05, 3.63) is 29.8 Å². The van der Waals surface area contributed by atoms with Crippen LogP contribution in [0.4, 0.5) is 0 Å². The lowest BCUT2D eigenvalue weighted by molar-refractivity contribution is -0.120. The maximum atomic E-state index is 11.7. The van der Waals surface area contributed by atoms with Gasteiger partial charge in [-0.2, -0.15) is 11.8 Å². The van der Waals surface area contributed by atoms with E-state index in [4.69, 9.17) is 4.74 Å². The van der Waals surface area contributed by atoms with Gasteiger partial charge in [-0.25, -0.2) is 0 Å². The second-order valence-electron chi connectivity index (χ2n) is 5.66. The van der Waals surface area contributed by atoms with Gasteiger partial charge >= 0.3 is 0 Å². The summed E-state index contributed by atoms with van der Waals surface area (Å²) in [7, 11) is 1.65. The lowest BCUT2D eigenvalue weighted by atomic mass is 10.1. The van der Waals surface area contributed by atoms with Crippen LogP contribution in [0, 0.1) is 0 Å². The summed E-state index contributed by atoms with van der Waals surface area (Å²) in [6, 6.07) is 7.85. The molecule has 1 aromatic rings. The standard InChI is InChI=1S/C16H25NO2S/c1-16(2,3)20-12-11-17-15(18)10-7-13-5-8-14(19-4)9-6-13/h5-6,8-9H,7,10-12H2,1-4H3,(H,17,18). The summed E-state index contributed by atoms with van der Waals surface area (Å²) in [5.74, 6) is 1.92. The minimum Gasteiger partial charge on any atom is -0.497 e. The average molecular weight is 295 g/mol. The molecular weight excluding hydrogens is 270 g/mol. The third kappa shape index (κ3) is 7.43. The van der Waals surface area contributed by atoms with Gasteiger partial charge in [0.25, 0.3) is 0 Å². The van der Waals surface area contributed by atoms with Gasteiger partial charge in [0.05, 0.1) is 7.11 Å². The lowest BCUT2D eigenvalue weighted by Gasteiger charge is -2.17. The summed E-state index contributed by atoms with van der Waals surface area (Å²) in [4.78, 5) is 11.7. The van der Waals surface area contributed by atoms with Crippen molar-refractivity contribution < 1.29 is 9.53 Å². The summed E-state index contributed by atoms with van der Waals surface area (Å²) >= 11 is 1.87. The van der Waals surface area contributed by atoms with E-state index in [1.807, 2.05) is 36.0 Å². The van der Waals surface area contributed by atoms with E-state index in [1.165, 1.54) is 0 Å². The largest absolute Gasteiger partial charge is 0.497 e. The molecule has 1 aromatic carbocycles. The summed E-state index contributed by atoms with van der Waals surface area (Å²) in [6.45, 7) is 7.29. The van der Waals surface area contributed by atoms with Crippen molar-refractivity contribution in [1.82, 2.24) is 5.32 Å². The first-order valence-corrected chi connectivity index (χ1v) is 7.93. The maximum absolute atomic E-state index is 11.7. The minimum absolute atomic E-state index is 0.121. The Kier molecular flexibility index (Phi) is 6.93. The van der Waals surface area contributed by atoms with Crippen LogP contribution in [-0.4, -0.2) is 30.1 Å². The Morgan fingerprint density at radius 1 is 1.25 bits per heavy atom. The van der Waals surface area contributed by atoms with Crippen molar-refractivity contribution >= 4 is 17.7 Å². The number of hydrogen-bond donors (Lipinski definition) is 1. The Labute approximate surface area is 126 Å². The van der Waals surface area contributed by atoms with Gasteiger partial charge < -0.3 is 10.1 Å². The van der Waals surface area contributed by atoms with Crippen molar-refractivity contribution in [1.29, 1.82) is 0 Å². The van der Waals surface area contributed by atoms with E-state index in [9.17, 15) is 4.79 Å². The number of nitrogens with one attached hydrogen (secondary N) is 1. The third-order valence-corrected chi connectivity index (χ3v) is 4.03. The molecule has 1 rings (SSSR count). The molecule has 0 atom stereocenters. The monoisotopic (exact) mass is 295 g/mol. The number of methoxy groups -OCH3 is 1. The zero-order valence-corrected chi connectivity index (χ0v) is 13.7. The molecule has 1 N–H and O–H groups in total. The topological polar surface area (TPSA) is 38.3 Å². The molecule has 0 fully saturated rings. The van der Waals surface area contributed by atoms with Crippen LogP contribution >= 0.6 is 11.8 Å². The first-order chi connectivity index (χ1) is 9.40. The summed E-state index contributed by atoms with van der Waals surface area (Å²) in [5, 5.41) is 2.96. The van der Waals surface area contributed by atoms with Gasteiger partial charge in [-0.1, -0.05) is 32.9 Å². The number of ether oxygens (including phenoxy) is 1. The SMILES string of the molecule is COc1ccc(CCC(=O)NCCSC(C)(C)C)cc1. The number of aryl methyl sites for hydroxylation is 1. The van der Waals surface area contributed by atoms with Crippen LogP contribution in [0.25, 0.3) is 0 Å². The molecule has 0 aliphatic carbocycles. The molecule has 0 spiro atoms. The fourth-order valence-corrected chi connectivity index (χ4v) is 2.50. The molecule has 0 heterocycles. The number of carbonyl (C=O) groups excluding carboxylic acids is 1. The highest BCUT2D eigenvalue weighted by molar-refractivity contribution is 8.00. The van der Waals surface area contributed by atoms with Gasteiger partial charge in [0.1, 0.15) is 5.75 Å². The van der Waals surface area contributed by atoms with Crippen LogP contribution in [0.1, 0.15) is 32.8 Å². The van der Waals surface area contributed by atoms with Crippen LogP contribution in [0.2, 0.25) is 0 Å². The summed E-state index contributed by atoms with van der Waals surface area (Å²) in [6.07, 6.45) is 1.30. The first-order valence-electron chi connectivity index (χ1n) is 6.94. The van der Waals surface area contributed by atoms with Gasteiger partial charge in [-0.05, 0) is 24.1 Å². The molecule has 0 aliphatic heterocycles. The molecule has 1 amide bonds. The van der Waals surface area contributed by atoms with Crippen molar-refractivity contribution in [3.63, 3.8) is 0 Å². The number of carbonyl (C=O) groups is 1. The lowest BCUT2D eigenvalue weighted by Crippen LogP contribution is -2.27. The van der Waals surface area contributed by atoms with Crippen molar-refractivity contribution in [3.8, 4) is 5.75 Å².